The van der Waals surface area contributed by atoms with Gasteiger partial charge in [-0.3, -0.25) is 14.6 Å². The van der Waals surface area contributed by atoms with Crippen molar-refractivity contribution in [3.63, 3.8) is 0 Å². The van der Waals surface area contributed by atoms with Gasteiger partial charge in [-0.15, -0.1) is 23.2 Å². The van der Waals surface area contributed by atoms with Crippen molar-refractivity contribution in [2.45, 2.75) is 32.2 Å². The summed E-state index contributed by atoms with van der Waals surface area (Å²) in [5.41, 5.74) is 4.87. The van der Waals surface area contributed by atoms with Crippen LogP contribution in [0.5, 0.6) is 0 Å². The first-order chi connectivity index (χ1) is 21.8. The van der Waals surface area contributed by atoms with Crippen LogP contribution in [-0.2, 0) is 25.5 Å². The average molecular weight is 672 g/mol. The van der Waals surface area contributed by atoms with Gasteiger partial charge in [0.05, 0.1) is 18.0 Å². The highest BCUT2D eigenvalue weighted by molar-refractivity contribution is 6.32. The summed E-state index contributed by atoms with van der Waals surface area (Å²) in [6, 6.07) is 21.9. The lowest BCUT2D eigenvalue weighted by Crippen LogP contribution is -2.43. The van der Waals surface area contributed by atoms with Gasteiger partial charge < -0.3 is 19.9 Å². The molecule has 0 bridgehead atoms. The Morgan fingerprint density at radius 2 is 1.73 bits per heavy atom. The van der Waals surface area contributed by atoms with E-state index in [1.165, 1.54) is 0 Å². The maximum atomic E-state index is 13.2. The highest BCUT2D eigenvalue weighted by Gasteiger charge is 2.26. The number of esters is 1. The Morgan fingerprint density at radius 1 is 1.02 bits per heavy atom. The summed E-state index contributed by atoms with van der Waals surface area (Å²) in [6.45, 7) is 3.53. The quantitative estimate of drug-likeness (QED) is 0.161. The van der Waals surface area contributed by atoms with Crippen LogP contribution in [0.15, 0.2) is 77.8 Å². The molecule has 8 nitrogen and oxygen atoms in total. The number of carbonyl (C=O) groups is 3. The van der Waals surface area contributed by atoms with E-state index >= 15 is 0 Å². The summed E-state index contributed by atoms with van der Waals surface area (Å²) in [5.74, 6) is -0.0243. The number of ether oxygens (including phenoxy) is 1. The van der Waals surface area contributed by atoms with Crippen molar-refractivity contribution in [2.24, 2.45) is 4.99 Å². The standard InChI is InChI=1S/C34H37Cl3N4O4/c1-2-45-34(44)29(21-24-10-13-27(14-11-24)40(19-16-35)20-17-36)39-31(42)9-6-18-41-30-15-12-26(37)22-28(30)33(38-23-32(41)43)25-7-4-3-5-8-25/h3-5,7-8,10-15,22,29H,2,6,9,16-21,23H2,1H3,(H,39,42)/t29-/m0/s1. The number of hydrogen-bond donors (Lipinski definition) is 1. The molecule has 1 aliphatic heterocycles. The third kappa shape index (κ3) is 9.45. The van der Waals surface area contributed by atoms with Crippen molar-refractivity contribution < 1.29 is 19.1 Å². The van der Waals surface area contributed by atoms with Gasteiger partial charge in [-0.1, -0.05) is 54.1 Å². The SMILES string of the molecule is CCOC(=O)[C@H](Cc1ccc(N(CCCl)CCCl)cc1)NC(=O)CCCN1C(=O)CN=C(c2ccccc2)c2cc(Cl)ccc21. The first kappa shape index (κ1) is 34.3. The molecule has 238 valence electrons. The zero-order valence-corrected chi connectivity index (χ0v) is 27.5. The highest BCUT2D eigenvalue weighted by Crippen LogP contribution is 2.30. The molecule has 0 saturated carbocycles. The van der Waals surface area contributed by atoms with Gasteiger partial charge in [-0.05, 0) is 49.2 Å². The smallest absolute Gasteiger partial charge is 0.328 e. The third-order valence-corrected chi connectivity index (χ3v) is 7.94. The number of carbonyl (C=O) groups excluding carboxylic acids is 3. The molecule has 1 atom stereocenters. The predicted octanol–water partition coefficient (Wildman–Crippen LogP) is 5.88. The number of nitrogens with zero attached hydrogens (tertiary/aromatic N) is 3. The van der Waals surface area contributed by atoms with Crippen molar-refractivity contribution in [3.8, 4) is 0 Å². The molecule has 1 aliphatic rings. The molecule has 0 spiro atoms. The number of hydrogen-bond acceptors (Lipinski definition) is 6. The Kier molecular flexibility index (Phi) is 13.1. The lowest BCUT2D eigenvalue weighted by atomic mass is 10.00. The first-order valence-corrected chi connectivity index (χ1v) is 16.4. The molecule has 0 unspecified atom stereocenters. The Hall–Kier alpha value is -3.59. The molecule has 4 rings (SSSR count). The number of anilines is 2. The molecule has 3 aromatic carbocycles. The Labute approximate surface area is 279 Å². The van der Waals surface area contributed by atoms with Crippen LogP contribution in [0.4, 0.5) is 11.4 Å². The highest BCUT2D eigenvalue weighted by atomic mass is 35.5. The third-order valence-electron chi connectivity index (χ3n) is 7.37. The Bertz CT molecular complexity index is 1480. The van der Waals surface area contributed by atoms with Crippen LogP contribution in [0.2, 0.25) is 5.02 Å². The molecule has 0 fully saturated rings. The van der Waals surface area contributed by atoms with Crippen molar-refractivity contribution in [2.75, 3.05) is 54.3 Å². The molecule has 3 aromatic rings. The van der Waals surface area contributed by atoms with E-state index in [2.05, 4.69) is 15.2 Å². The van der Waals surface area contributed by atoms with Crippen LogP contribution < -0.4 is 15.1 Å². The number of benzene rings is 3. The lowest BCUT2D eigenvalue weighted by Gasteiger charge is -2.24. The van der Waals surface area contributed by atoms with Crippen LogP contribution in [0, 0.1) is 0 Å². The molecule has 1 heterocycles. The van der Waals surface area contributed by atoms with E-state index in [0.717, 1.165) is 22.4 Å². The Morgan fingerprint density at radius 3 is 2.40 bits per heavy atom. The minimum Gasteiger partial charge on any atom is -0.464 e. The number of fused-ring (bicyclic) bond motifs is 1. The Balaban J connectivity index is 1.41. The van der Waals surface area contributed by atoms with Crippen molar-refractivity contribution in [3.05, 3.63) is 94.5 Å². The lowest BCUT2D eigenvalue weighted by molar-refractivity contribution is -0.147. The molecule has 0 radical (unpaired) electrons. The van der Waals surface area contributed by atoms with E-state index in [9.17, 15) is 14.4 Å². The van der Waals surface area contributed by atoms with E-state index in [1.807, 2.05) is 66.7 Å². The maximum Gasteiger partial charge on any atom is 0.328 e. The van der Waals surface area contributed by atoms with E-state index < -0.39 is 12.0 Å². The fourth-order valence-electron chi connectivity index (χ4n) is 5.23. The van der Waals surface area contributed by atoms with Gasteiger partial charge in [-0.25, -0.2) is 4.79 Å². The van der Waals surface area contributed by atoms with Crippen LogP contribution in [0.3, 0.4) is 0 Å². The van der Waals surface area contributed by atoms with Crippen molar-refractivity contribution in [1.29, 1.82) is 0 Å². The van der Waals surface area contributed by atoms with Crippen LogP contribution in [0.1, 0.15) is 36.5 Å². The summed E-state index contributed by atoms with van der Waals surface area (Å²) >= 11 is 18.2. The van der Waals surface area contributed by atoms with E-state index in [4.69, 9.17) is 39.5 Å². The second kappa shape index (κ2) is 17.2. The molecule has 0 aliphatic carbocycles. The van der Waals surface area contributed by atoms with Gasteiger partial charge in [0.15, 0.2) is 0 Å². The maximum absolute atomic E-state index is 13.2. The fraction of sp³-hybridized carbons (Fsp3) is 0.353. The molecular formula is C34H37Cl3N4O4. The number of amides is 2. The predicted molar refractivity (Wildman–Crippen MR) is 182 cm³/mol. The van der Waals surface area contributed by atoms with Crippen molar-refractivity contribution >= 4 is 69.7 Å². The zero-order valence-electron chi connectivity index (χ0n) is 25.2. The molecule has 0 aromatic heterocycles. The minimum absolute atomic E-state index is 0.0258. The summed E-state index contributed by atoms with van der Waals surface area (Å²) in [6.07, 6.45) is 0.759. The van der Waals surface area contributed by atoms with Crippen LogP contribution in [-0.4, -0.2) is 74.1 Å². The van der Waals surface area contributed by atoms with Crippen LogP contribution in [0.25, 0.3) is 0 Å². The molecule has 1 N–H and O–H groups in total. The van der Waals surface area contributed by atoms with E-state index in [0.29, 0.717) is 54.2 Å². The number of halogens is 3. The van der Waals surface area contributed by atoms with Gasteiger partial charge >= 0.3 is 5.97 Å². The number of aliphatic imine (C=N–C) groups is 1. The monoisotopic (exact) mass is 670 g/mol. The number of nitrogens with one attached hydrogen (secondary N) is 1. The zero-order chi connectivity index (χ0) is 32.2. The molecular weight excluding hydrogens is 635 g/mol. The van der Waals surface area contributed by atoms with E-state index in [-0.39, 0.29) is 37.8 Å². The van der Waals surface area contributed by atoms with Gasteiger partial charge in [-0.2, -0.15) is 0 Å². The minimum atomic E-state index is -0.852. The fourth-order valence-corrected chi connectivity index (χ4v) is 5.81. The van der Waals surface area contributed by atoms with Crippen LogP contribution >= 0.6 is 34.8 Å². The topological polar surface area (TPSA) is 91.3 Å². The number of alkyl halides is 2. The van der Waals surface area contributed by atoms with Gasteiger partial charge in [0.2, 0.25) is 11.8 Å². The van der Waals surface area contributed by atoms with Gasteiger partial charge in [0.25, 0.3) is 0 Å². The summed E-state index contributed by atoms with van der Waals surface area (Å²) < 4.78 is 5.26. The number of rotatable bonds is 15. The van der Waals surface area contributed by atoms with E-state index in [1.54, 1.807) is 17.9 Å². The summed E-state index contributed by atoms with van der Waals surface area (Å²) in [5, 5.41) is 3.38. The first-order valence-electron chi connectivity index (χ1n) is 15.0. The van der Waals surface area contributed by atoms with Gasteiger partial charge in [0, 0.05) is 66.1 Å². The van der Waals surface area contributed by atoms with Gasteiger partial charge in [0.1, 0.15) is 12.6 Å². The second-order valence-electron chi connectivity index (χ2n) is 10.4. The summed E-state index contributed by atoms with van der Waals surface area (Å²) in [4.78, 5) is 47.4. The second-order valence-corrected chi connectivity index (χ2v) is 11.6. The van der Waals surface area contributed by atoms with Crippen molar-refractivity contribution in [1.82, 2.24) is 5.32 Å². The average Bonchev–Trinajstić information content (AvgIpc) is 3.17. The molecule has 0 saturated heterocycles. The molecule has 2 amide bonds. The number of benzodiazepines with no additional fused rings is 1. The molecule has 11 heteroatoms. The molecule has 45 heavy (non-hydrogen) atoms. The largest absolute Gasteiger partial charge is 0.464 e. The normalized spacial score (nSPS) is 13.4. The summed E-state index contributed by atoms with van der Waals surface area (Å²) in [7, 11) is 0.